The highest BCUT2D eigenvalue weighted by molar-refractivity contribution is 8.15. The maximum atomic E-state index is 12.8. The minimum atomic E-state index is -0.575. The van der Waals surface area contributed by atoms with Crippen molar-refractivity contribution in [1.82, 2.24) is 4.90 Å². The molecule has 0 bridgehead atoms. The lowest BCUT2D eigenvalue weighted by atomic mass is 10.2. The number of hydrogen-bond acceptors (Lipinski definition) is 5. The number of rotatable bonds is 5. The van der Waals surface area contributed by atoms with Crippen molar-refractivity contribution in [3.8, 4) is 5.75 Å². The van der Waals surface area contributed by atoms with Crippen LogP contribution in [-0.2, 0) is 9.59 Å². The van der Waals surface area contributed by atoms with Gasteiger partial charge in [-0.2, -0.15) is 0 Å². The largest absolute Gasteiger partial charge is 0.494 e. The van der Waals surface area contributed by atoms with E-state index in [4.69, 9.17) is 16.3 Å². The van der Waals surface area contributed by atoms with Crippen LogP contribution in [0.3, 0.4) is 0 Å². The molecule has 1 aliphatic heterocycles. The van der Waals surface area contributed by atoms with E-state index >= 15 is 0 Å². The van der Waals surface area contributed by atoms with Crippen molar-refractivity contribution >= 4 is 51.7 Å². The number of halogens is 1. The van der Waals surface area contributed by atoms with Crippen LogP contribution in [0.2, 0.25) is 5.02 Å². The fourth-order valence-corrected chi connectivity index (χ4v) is 3.95. The monoisotopic (exact) mass is 431 g/mol. The van der Waals surface area contributed by atoms with E-state index in [0.29, 0.717) is 33.9 Å². The SMILES string of the molecule is CCOc1cccc(NC(=O)C2CC(=O)N(C)C(=Nc3ccc(C)c(Cl)c3)S2)c1. The van der Waals surface area contributed by atoms with E-state index in [9.17, 15) is 9.59 Å². The molecule has 6 nitrogen and oxygen atoms in total. The average Bonchev–Trinajstić information content (AvgIpc) is 2.68. The quantitative estimate of drug-likeness (QED) is 0.748. The van der Waals surface area contributed by atoms with Gasteiger partial charge in [0.25, 0.3) is 0 Å². The molecule has 2 aromatic rings. The van der Waals surface area contributed by atoms with Crippen molar-refractivity contribution < 1.29 is 14.3 Å². The number of aliphatic imine (C=N–C) groups is 1. The summed E-state index contributed by atoms with van der Waals surface area (Å²) in [7, 11) is 1.66. The smallest absolute Gasteiger partial charge is 0.238 e. The van der Waals surface area contributed by atoms with Crippen LogP contribution in [-0.4, -0.2) is 40.8 Å². The molecule has 1 heterocycles. The topological polar surface area (TPSA) is 71.0 Å². The molecule has 2 amide bonds. The number of carbonyl (C=O) groups is 2. The van der Waals surface area contributed by atoms with Gasteiger partial charge in [-0.1, -0.05) is 35.5 Å². The fourth-order valence-electron chi connectivity index (χ4n) is 2.71. The average molecular weight is 432 g/mol. The molecule has 1 aliphatic rings. The lowest BCUT2D eigenvalue weighted by molar-refractivity contribution is -0.128. The van der Waals surface area contributed by atoms with Gasteiger partial charge in [0.15, 0.2) is 5.17 Å². The number of ether oxygens (including phenoxy) is 1. The third kappa shape index (κ3) is 5.31. The number of amidine groups is 1. The second-order valence-electron chi connectivity index (χ2n) is 6.54. The van der Waals surface area contributed by atoms with E-state index in [1.807, 2.05) is 38.1 Å². The normalized spacial score (nSPS) is 18.1. The Labute approximate surface area is 179 Å². The lowest BCUT2D eigenvalue weighted by Crippen LogP contribution is -2.43. The van der Waals surface area contributed by atoms with Crippen LogP contribution in [0.5, 0.6) is 5.75 Å². The number of nitrogens with one attached hydrogen (secondary N) is 1. The molecule has 0 aliphatic carbocycles. The summed E-state index contributed by atoms with van der Waals surface area (Å²) in [5.74, 6) is 0.263. The molecule has 29 heavy (non-hydrogen) atoms. The van der Waals surface area contributed by atoms with Crippen LogP contribution in [0.15, 0.2) is 47.5 Å². The van der Waals surface area contributed by atoms with Crippen molar-refractivity contribution in [2.45, 2.75) is 25.5 Å². The summed E-state index contributed by atoms with van der Waals surface area (Å²) in [4.78, 5) is 31.2. The zero-order valence-corrected chi connectivity index (χ0v) is 18.0. The Hall–Kier alpha value is -2.51. The van der Waals surface area contributed by atoms with Crippen LogP contribution < -0.4 is 10.1 Å². The van der Waals surface area contributed by atoms with Crippen molar-refractivity contribution in [2.24, 2.45) is 4.99 Å². The summed E-state index contributed by atoms with van der Waals surface area (Å²) in [6, 6.07) is 12.6. The first-order valence-electron chi connectivity index (χ1n) is 9.19. The Bertz CT molecular complexity index is 964. The van der Waals surface area contributed by atoms with E-state index in [-0.39, 0.29) is 18.2 Å². The highest BCUT2D eigenvalue weighted by atomic mass is 35.5. The minimum absolute atomic E-state index is 0.103. The molecular weight excluding hydrogens is 410 g/mol. The predicted molar refractivity (Wildman–Crippen MR) is 118 cm³/mol. The Morgan fingerprint density at radius 2 is 2.14 bits per heavy atom. The van der Waals surface area contributed by atoms with Gasteiger partial charge in [0.1, 0.15) is 11.0 Å². The Morgan fingerprint density at radius 1 is 1.34 bits per heavy atom. The molecule has 0 spiro atoms. The summed E-state index contributed by atoms with van der Waals surface area (Å²) >= 11 is 7.43. The first-order chi connectivity index (χ1) is 13.9. The fraction of sp³-hybridized carbons (Fsp3) is 0.286. The molecule has 152 valence electrons. The minimum Gasteiger partial charge on any atom is -0.494 e. The Balaban J connectivity index is 1.77. The van der Waals surface area contributed by atoms with Gasteiger partial charge in [-0.3, -0.25) is 14.5 Å². The Kier molecular flexibility index (Phi) is 6.82. The Morgan fingerprint density at radius 3 is 2.86 bits per heavy atom. The summed E-state index contributed by atoms with van der Waals surface area (Å²) < 4.78 is 5.46. The molecular formula is C21H22ClN3O3S. The van der Waals surface area contributed by atoms with Gasteiger partial charge >= 0.3 is 0 Å². The molecule has 2 aromatic carbocycles. The summed E-state index contributed by atoms with van der Waals surface area (Å²) in [5.41, 5.74) is 2.20. The van der Waals surface area contributed by atoms with Crippen LogP contribution in [0.4, 0.5) is 11.4 Å². The molecule has 1 fully saturated rings. The van der Waals surface area contributed by atoms with Gasteiger partial charge < -0.3 is 10.1 Å². The van der Waals surface area contributed by atoms with E-state index in [1.165, 1.54) is 16.7 Å². The second kappa shape index (κ2) is 9.33. The number of nitrogens with zero attached hydrogens (tertiary/aromatic N) is 2. The summed E-state index contributed by atoms with van der Waals surface area (Å²) in [6.07, 6.45) is 0.103. The van der Waals surface area contributed by atoms with Gasteiger partial charge in [-0.05, 0) is 43.7 Å². The van der Waals surface area contributed by atoms with Crippen LogP contribution >= 0.6 is 23.4 Å². The van der Waals surface area contributed by atoms with Crippen molar-refractivity contribution in [1.29, 1.82) is 0 Å². The third-order valence-electron chi connectivity index (χ3n) is 4.35. The van der Waals surface area contributed by atoms with Gasteiger partial charge in [-0.25, -0.2) is 4.99 Å². The molecule has 1 saturated heterocycles. The number of benzene rings is 2. The molecule has 1 unspecified atom stereocenters. The van der Waals surface area contributed by atoms with Crippen LogP contribution in [0.25, 0.3) is 0 Å². The number of amides is 2. The molecule has 1 atom stereocenters. The maximum Gasteiger partial charge on any atom is 0.238 e. The van der Waals surface area contributed by atoms with E-state index < -0.39 is 5.25 Å². The van der Waals surface area contributed by atoms with Crippen molar-refractivity contribution in [3.05, 3.63) is 53.1 Å². The zero-order valence-electron chi connectivity index (χ0n) is 16.4. The van der Waals surface area contributed by atoms with Crippen molar-refractivity contribution in [2.75, 3.05) is 19.0 Å². The van der Waals surface area contributed by atoms with E-state index in [2.05, 4.69) is 10.3 Å². The third-order valence-corrected chi connectivity index (χ3v) is 6.00. The molecule has 0 aromatic heterocycles. The number of carbonyl (C=O) groups excluding carboxylic acids is 2. The van der Waals surface area contributed by atoms with Crippen molar-refractivity contribution in [3.63, 3.8) is 0 Å². The van der Waals surface area contributed by atoms with Crippen LogP contribution in [0.1, 0.15) is 18.9 Å². The van der Waals surface area contributed by atoms with Gasteiger partial charge in [-0.15, -0.1) is 0 Å². The molecule has 3 rings (SSSR count). The lowest BCUT2D eigenvalue weighted by Gasteiger charge is -2.28. The molecule has 0 saturated carbocycles. The van der Waals surface area contributed by atoms with E-state index in [0.717, 1.165) is 5.56 Å². The molecule has 0 radical (unpaired) electrons. The first-order valence-corrected chi connectivity index (χ1v) is 10.4. The molecule has 8 heteroatoms. The molecule has 1 N–H and O–H groups in total. The number of thioether (sulfide) groups is 1. The number of anilines is 1. The number of hydrogen-bond donors (Lipinski definition) is 1. The number of aryl methyl sites for hydroxylation is 1. The van der Waals surface area contributed by atoms with Crippen LogP contribution in [0, 0.1) is 6.92 Å². The second-order valence-corrected chi connectivity index (χ2v) is 8.12. The van der Waals surface area contributed by atoms with Gasteiger partial charge in [0.2, 0.25) is 11.8 Å². The first kappa shape index (κ1) is 21.2. The zero-order chi connectivity index (χ0) is 21.0. The van der Waals surface area contributed by atoms with E-state index in [1.54, 1.807) is 25.2 Å². The summed E-state index contributed by atoms with van der Waals surface area (Å²) in [6.45, 7) is 4.35. The summed E-state index contributed by atoms with van der Waals surface area (Å²) in [5, 5.41) is 3.35. The predicted octanol–water partition coefficient (Wildman–Crippen LogP) is 4.64. The standard InChI is InChI=1S/C21H22ClN3O3S/c1-4-28-16-7-5-6-14(10-16)23-20(27)18-12-19(26)25(3)21(29-18)24-15-9-8-13(2)17(22)11-15/h5-11,18H,4,12H2,1-3H3,(H,23,27). The highest BCUT2D eigenvalue weighted by Crippen LogP contribution is 2.30. The van der Waals surface area contributed by atoms with Gasteiger partial charge in [0, 0.05) is 30.2 Å². The maximum absolute atomic E-state index is 12.8. The highest BCUT2D eigenvalue weighted by Gasteiger charge is 2.34. The van der Waals surface area contributed by atoms with Gasteiger partial charge in [0.05, 0.1) is 12.3 Å².